The van der Waals surface area contributed by atoms with Crippen molar-refractivity contribution in [3.05, 3.63) is 29.8 Å². The molecule has 1 aliphatic heterocycles. The van der Waals surface area contributed by atoms with Gasteiger partial charge in [-0.2, -0.15) is 0 Å². The zero-order valence-electron chi connectivity index (χ0n) is 12.6. The number of ether oxygens (including phenoxy) is 2. The second kappa shape index (κ2) is 7.07. The maximum Gasteiger partial charge on any atom is 0.125 e. The fourth-order valence-corrected chi connectivity index (χ4v) is 2.57. The maximum absolute atomic E-state index is 10.6. The number of aliphatic hydroxyl groups excluding tert-OH is 1. The van der Waals surface area contributed by atoms with Crippen LogP contribution in [0.15, 0.2) is 24.3 Å². The average molecular weight is 279 g/mol. The Kier molecular flexibility index (Phi) is 5.40. The second-order valence-corrected chi connectivity index (χ2v) is 5.41. The van der Waals surface area contributed by atoms with E-state index in [-0.39, 0.29) is 6.10 Å². The summed E-state index contributed by atoms with van der Waals surface area (Å²) in [7, 11) is 0. The van der Waals surface area contributed by atoms with Gasteiger partial charge in [-0.15, -0.1) is 0 Å². The first-order valence-electron chi connectivity index (χ1n) is 7.39. The minimum atomic E-state index is -0.653. The van der Waals surface area contributed by atoms with Crippen LogP contribution in [0, 0.1) is 0 Å². The predicted molar refractivity (Wildman–Crippen MR) is 79.0 cm³/mol. The summed E-state index contributed by atoms with van der Waals surface area (Å²) in [5.74, 6) is 0.743. The van der Waals surface area contributed by atoms with E-state index < -0.39 is 6.10 Å². The molecular formula is C16H25NO3. The molecule has 0 aromatic heterocycles. The molecule has 4 heteroatoms. The highest BCUT2D eigenvalue weighted by Crippen LogP contribution is 2.30. The third-order valence-corrected chi connectivity index (χ3v) is 3.74. The van der Waals surface area contributed by atoms with Crippen LogP contribution in [0.1, 0.15) is 32.4 Å². The van der Waals surface area contributed by atoms with E-state index in [1.807, 2.05) is 31.2 Å². The molecule has 0 radical (unpaired) electrons. The zero-order chi connectivity index (χ0) is 14.5. The summed E-state index contributed by atoms with van der Waals surface area (Å²) in [6.45, 7) is 9.21. The van der Waals surface area contributed by atoms with Crippen LogP contribution in [0.5, 0.6) is 5.75 Å². The Labute approximate surface area is 121 Å². The lowest BCUT2D eigenvalue weighted by atomic mass is 10.0. The SMILES string of the molecule is CCOc1ccccc1C(O)C1CN(C(C)C)CCO1. The fourth-order valence-electron chi connectivity index (χ4n) is 2.57. The molecule has 2 unspecified atom stereocenters. The number of nitrogens with zero attached hydrogens (tertiary/aromatic N) is 1. The Morgan fingerprint density at radius 2 is 2.15 bits per heavy atom. The van der Waals surface area contributed by atoms with Gasteiger partial charge in [-0.3, -0.25) is 4.90 Å². The van der Waals surface area contributed by atoms with Crippen molar-refractivity contribution in [1.29, 1.82) is 0 Å². The third kappa shape index (κ3) is 3.51. The lowest BCUT2D eigenvalue weighted by Crippen LogP contribution is -2.47. The molecule has 1 heterocycles. The van der Waals surface area contributed by atoms with Crippen LogP contribution in [0.3, 0.4) is 0 Å². The van der Waals surface area contributed by atoms with E-state index in [0.29, 0.717) is 19.3 Å². The molecule has 4 nitrogen and oxygen atoms in total. The van der Waals surface area contributed by atoms with Crippen LogP contribution < -0.4 is 4.74 Å². The molecule has 0 amide bonds. The summed E-state index contributed by atoms with van der Waals surface area (Å²) in [5.41, 5.74) is 0.810. The van der Waals surface area contributed by atoms with E-state index in [2.05, 4.69) is 18.7 Å². The van der Waals surface area contributed by atoms with Gasteiger partial charge in [-0.05, 0) is 26.8 Å². The van der Waals surface area contributed by atoms with E-state index in [0.717, 1.165) is 24.4 Å². The van der Waals surface area contributed by atoms with Gasteiger partial charge in [0.05, 0.1) is 13.2 Å². The topological polar surface area (TPSA) is 41.9 Å². The average Bonchev–Trinajstić information content (AvgIpc) is 2.47. The first kappa shape index (κ1) is 15.3. The summed E-state index contributed by atoms with van der Waals surface area (Å²) in [6, 6.07) is 8.11. The molecule has 1 N–H and O–H groups in total. The molecule has 0 bridgehead atoms. The normalized spacial score (nSPS) is 21.9. The molecule has 112 valence electrons. The maximum atomic E-state index is 10.6. The number of morpholine rings is 1. The van der Waals surface area contributed by atoms with Crippen LogP contribution in [0.4, 0.5) is 0 Å². The molecule has 2 atom stereocenters. The van der Waals surface area contributed by atoms with E-state index in [9.17, 15) is 5.11 Å². The molecule has 1 aromatic rings. The first-order valence-corrected chi connectivity index (χ1v) is 7.39. The van der Waals surface area contributed by atoms with E-state index in [1.165, 1.54) is 0 Å². The van der Waals surface area contributed by atoms with Gasteiger partial charge in [-0.1, -0.05) is 18.2 Å². The summed E-state index contributed by atoms with van der Waals surface area (Å²) >= 11 is 0. The van der Waals surface area contributed by atoms with Gasteiger partial charge in [0.2, 0.25) is 0 Å². The van der Waals surface area contributed by atoms with Crippen molar-refractivity contribution in [3.63, 3.8) is 0 Å². The number of hydrogen-bond acceptors (Lipinski definition) is 4. The van der Waals surface area contributed by atoms with Gasteiger partial charge in [-0.25, -0.2) is 0 Å². The van der Waals surface area contributed by atoms with Crippen molar-refractivity contribution >= 4 is 0 Å². The monoisotopic (exact) mass is 279 g/mol. The summed E-state index contributed by atoms with van der Waals surface area (Å²) in [4.78, 5) is 2.33. The quantitative estimate of drug-likeness (QED) is 0.897. The molecule has 0 aliphatic carbocycles. The van der Waals surface area contributed by atoms with Crippen LogP contribution in [-0.2, 0) is 4.74 Å². The van der Waals surface area contributed by atoms with Crippen LogP contribution in [0.25, 0.3) is 0 Å². The molecule has 2 rings (SSSR count). The zero-order valence-corrected chi connectivity index (χ0v) is 12.6. The Hall–Kier alpha value is -1.10. The van der Waals surface area contributed by atoms with Crippen LogP contribution in [0.2, 0.25) is 0 Å². The molecule has 0 spiro atoms. The standard InChI is InChI=1S/C16H25NO3/c1-4-19-14-8-6-5-7-13(14)16(18)15-11-17(12(2)3)9-10-20-15/h5-8,12,15-16,18H,4,9-11H2,1-3H3. The van der Waals surface area contributed by atoms with Gasteiger partial charge < -0.3 is 14.6 Å². The third-order valence-electron chi connectivity index (χ3n) is 3.74. The van der Waals surface area contributed by atoms with Gasteiger partial charge in [0.15, 0.2) is 0 Å². The van der Waals surface area contributed by atoms with Crippen molar-refractivity contribution in [2.75, 3.05) is 26.3 Å². The Bertz CT molecular complexity index is 422. The Morgan fingerprint density at radius 1 is 1.40 bits per heavy atom. The van der Waals surface area contributed by atoms with Crippen LogP contribution in [-0.4, -0.2) is 48.5 Å². The van der Waals surface area contributed by atoms with E-state index in [4.69, 9.17) is 9.47 Å². The molecule has 1 aliphatic rings. The molecule has 0 saturated carbocycles. The first-order chi connectivity index (χ1) is 9.63. The van der Waals surface area contributed by atoms with Gasteiger partial charge in [0.25, 0.3) is 0 Å². The molecule has 20 heavy (non-hydrogen) atoms. The van der Waals surface area contributed by atoms with Crippen molar-refractivity contribution in [2.45, 2.75) is 39.0 Å². The summed E-state index contributed by atoms with van der Waals surface area (Å²) in [5, 5.41) is 10.6. The summed E-state index contributed by atoms with van der Waals surface area (Å²) in [6.07, 6.45) is -0.855. The number of aliphatic hydroxyl groups is 1. The highest BCUT2D eigenvalue weighted by atomic mass is 16.5. The number of para-hydroxylation sites is 1. The number of hydrogen-bond donors (Lipinski definition) is 1. The van der Waals surface area contributed by atoms with Crippen molar-refractivity contribution in [2.24, 2.45) is 0 Å². The van der Waals surface area contributed by atoms with Crippen molar-refractivity contribution in [3.8, 4) is 5.75 Å². The van der Waals surface area contributed by atoms with Gasteiger partial charge in [0, 0.05) is 24.7 Å². The number of rotatable bonds is 5. The Balaban J connectivity index is 2.12. The Morgan fingerprint density at radius 3 is 2.85 bits per heavy atom. The molecule has 1 saturated heterocycles. The minimum Gasteiger partial charge on any atom is -0.493 e. The van der Waals surface area contributed by atoms with Crippen LogP contribution >= 0.6 is 0 Å². The van der Waals surface area contributed by atoms with Crippen molar-refractivity contribution < 1.29 is 14.6 Å². The molecular weight excluding hydrogens is 254 g/mol. The van der Waals surface area contributed by atoms with Gasteiger partial charge >= 0.3 is 0 Å². The smallest absolute Gasteiger partial charge is 0.125 e. The van der Waals surface area contributed by atoms with Crippen molar-refractivity contribution in [1.82, 2.24) is 4.90 Å². The molecule has 1 fully saturated rings. The fraction of sp³-hybridized carbons (Fsp3) is 0.625. The molecule has 1 aromatic carbocycles. The number of benzene rings is 1. The minimum absolute atomic E-state index is 0.201. The van der Waals surface area contributed by atoms with E-state index in [1.54, 1.807) is 0 Å². The highest BCUT2D eigenvalue weighted by molar-refractivity contribution is 5.35. The van der Waals surface area contributed by atoms with E-state index >= 15 is 0 Å². The van der Waals surface area contributed by atoms with Gasteiger partial charge in [0.1, 0.15) is 18.0 Å². The lowest BCUT2D eigenvalue weighted by Gasteiger charge is -2.37. The highest BCUT2D eigenvalue weighted by Gasteiger charge is 2.30. The second-order valence-electron chi connectivity index (χ2n) is 5.41. The largest absolute Gasteiger partial charge is 0.493 e. The predicted octanol–water partition coefficient (Wildman–Crippen LogP) is 2.23. The lowest BCUT2D eigenvalue weighted by molar-refractivity contribution is -0.0966. The summed E-state index contributed by atoms with van der Waals surface area (Å²) < 4.78 is 11.4.